The Hall–Kier alpha value is -2.17. The van der Waals surface area contributed by atoms with Crippen molar-refractivity contribution in [3.8, 4) is 0 Å². The topological polar surface area (TPSA) is 74.4 Å². The van der Waals surface area contributed by atoms with E-state index < -0.39 is 0 Å². The first-order valence-corrected chi connectivity index (χ1v) is 8.08. The number of nitrogens with one attached hydrogen (secondary N) is 2. The van der Waals surface area contributed by atoms with Gasteiger partial charge in [-0.25, -0.2) is 4.98 Å². The molecule has 0 aromatic carbocycles. The molecule has 0 aliphatic heterocycles. The molecule has 2 aliphatic rings. The van der Waals surface area contributed by atoms with Crippen LogP contribution in [0.5, 0.6) is 0 Å². The highest BCUT2D eigenvalue weighted by molar-refractivity contribution is 5.72. The predicted octanol–water partition coefficient (Wildman–Crippen LogP) is 2.98. The Kier molecular flexibility index (Phi) is 3.21. The molecule has 2 N–H and O–H groups in total. The van der Waals surface area contributed by atoms with E-state index in [0.29, 0.717) is 17.0 Å². The fourth-order valence-corrected chi connectivity index (χ4v) is 3.84. The lowest BCUT2D eigenvalue weighted by Crippen LogP contribution is -2.29. The molecule has 1 fully saturated rings. The van der Waals surface area contributed by atoms with E-state index >= 15 is 0 Å². The summed E-state index contributed by atoms with van der Waals surface area (Å²) in [4.78, 5) is 19.9. The van der Waals surface area contributed by atoms with Crippen molar-refractivity contribution >= 4 is 11.0 Å². The first-order chi connectivity index (χ1) is 10.8. The normalized spacial score (nSPS) is 20.9. The van der Waals surface area contributed by atoms with Crippen LogP contribution in [0.1, 0.15) is 44.3 Å². The van der Waals surface area contributed by atoms with Crippen LogP contribution in [-0.2, 0) is 5.41 Å². The largest absolute Gasteiger partial charge is 0.309 e. The van der Waals surface area contributed by atoms with Gasteiger partial charge in [-0.3, -0.25) is 9.89 Å². The standard InChI is InChI=1S/C17H20N4O/c22-15-13-11-18-21-14(13)19-16(20-15)17(8-4-5-9-17)10-12-6-2-1-3-7-12/h4-5,8-9,11-12H,1-3,6-7,10H2,(H2,18,19,20,21,22). The number of aromatic nitrogens is 4. The molecule has 0 atom stereocenters. The Balaban J connectivity index is 1.75. The second-order valence-corrected chi connectivity index (χ2v) is 6.51. The van der Waals surface area contributed by atoms with E-state index in [2.05, 4.69) is 44.5 Å². The van der Waals surface area contributed by atoms with Crippen LogP contribution in [-0.4, -0.2) is 20.2 Å². The molecule has 0 saturated heterocycles. The lowest BCUT2D eigenvalue weighted by molar-refractivity contribution is 0.304. The molecule has 0 amide bonds. The Bertz CT molecular complexity index is 780. The zero-order chi connectivity index (χ0) is 15.0. The summed E-state index contributed by atoms with van der Waals surface area (Å²) >= 11 is 0. The van der Waals surface area contributed by atoms with Gasteiger partial charge in [-0.2, -0.15) is 5.10 Å². The summed E-state index contributed by atoms with van der Waals surface area (Å²) in [5.74, 6) is 1.42. The van der Waals surface area contributed by atoms with E-state index in [1.165, 1.54) is 38.3 Å². The monoisotopic (exact) mass is 296 g/mol. The minimum Gasteiger partial charge on any atom is -0.309 e. The summed E-state index contributed by atoms with van der Waals surface area (Å²) in [5.41, 5.74) is 0.168. The molecular formula is C17H20N4O. The van der Waals surface area contributed by atoms with Gasteiger partial charge in [0.05, 0.1) is 11.6 Å². The molecule has 5 heteroatoms. The van der Waals surface area contributed by atoms with Gasteiger partial charge in [0.2, 0.25) is 0 Å². The van der Waals surface area contributed by atoms with Crippen LogP contribution < -0.4 is 5.56 Å². The van der Waals surface area contributed by atoms with E-state index in [1.807, 2.05) is 0 Å². The van der Waals surface area contributed by atoms with Crippen molar-refractivity contribution in [2.45, 2.75) is 43.9 Å². The molecule has 2 aromatic heterocycles. The second-order valence-electron chi connectivity index (χ2n) is 6.51. The molecule has 114 valence electrons. The molecule has 0 spiro atoms. The number of hydrogen-bond acceptors (Lipinski definition) is 3. The molecule has 2 heterocycles. The first kappa shape index (κ1) is 13.5. The zero-order valence-electron chi connectivity index (χ0n) is 12.5. The van der Waals surface area contributed by atoms with Gasteiger partial charge < -0.3 is 4.98 Å². The van der Waals surface area contributed by atoms with Gasteiger partial charge in [-0.1, -0.05) is 56.4 Å². The quantitative estimate of drug-likeness (QED) is 0.914. The molecular weight excluding hydrogens is 276 g/mol. The number of fused-ring (bicyclic) bond motifs is 1. The van der Waals surface area contributed by atoms with E-state index in [0.717, 1.165) is 12.2 Å². The van der Waals surface area contributed by atoms with E-state index in [1.54, 1.807) is 0 Å². The Morgan fingerprint density at radius 3 is 2.73 bits per heavy atom. The average molecular weight is 296 g/mol. The van der Waals surface area contributed by atoms with Crippen molar-refractivity contribution in [2.75, 3.05) is 0 Å². The summed E-state index contributed by atoms with van der Waals surface area (Å²) in [7, 11) is 0. The lowest BCUT2D eigenvalue weighted by atomic mass is 9.74. The summed E-state index contributed by atoms with van der Waals surface area (Å²) < 4.78 is 0. The number of allylic oxidation sites excluding steroid dienone is 4. The van der Waals surface area contributed by atoms with Crippen molar-refractivity contribution in [3.05, 3.63) is 46.7 Å². The number of aromatic amines is 2. The molecule has 2 aromatic rings. The number of H-pyrrole nitrogens is 2. The van der Waals surface area contributed by atoms with Gasteiger partial charge in [0.15, 0.2) is 5.65 Å². The molecule has 2 aliphatic carbocycles. The van der Waals surface area contributed by atoms with Crippen molar-refractivity contribution in [2.24, 2.45) is 5.92 Å². The van der Waals surface area contributed by atoms with Crippen molar-refractivity contribution in [1.29, 1.82) is 0 Å². The maximum Gasteiger partial charge on any atom is 0.262 e. The van der Waals surface area contributed by atoms with Crippen molar-refractivity contribution in [1.82, 2.24) is 20.2 Å². The van der Waals surface area contributed by atoms with Crippen molar-refractivity contribution in [3.63, 3.8) is 0 Å². The van der Waals surface area contributed by atoms with Gasteiger partial charge in [0.25, 0.3) is 5.56 Å². The fourth-order valence-electron chi connectivity index (χ4n) is 3.84. The SMILES string of the molecule is O=c1[nH]c(C2(CC3CCCCC3)C=CC=C2)nc2[nH]ncc12. The molecule has 0 bridgehead atoms. The van der Waals surface area contributed by atoms with Crippen molar-refractivity contribution < 1.29 is 0 Å². The maximum absolute atomic E-state index is 12.2. The van der Waals surface area contributed by atoms with Gasteiger partial charge >= 0.3 is 0 Å². The minimum absolute atomic E-state index is 0.120. The van der Waals surface area contributed by atoms with Gasteiger partial charge in [0, 0.05) is 0 Å². The van der Waals surface area contributed by atoms with E-state index in [4.69, 9.17) is 0 Å². The highest BCUT2D eigenvalue weighted by atomic mass is 16.1. The minimum atomic E-state index is -0.277. The molecule has 0 radical (unpaired) electrons. The molecule has 5 nitrogen and oxygen atoms in total. The van der Waals surface area contributed by atoms with Crippen LogP contribution in [0, 0.1) is 5.92 Å². The fraction of sp³-hybridized carbons (Fsp3) is 0.471. The van der Waals surface area contributed by atoms with Crippen LogP contribution >= 0.6 is 0 Å². The smallest absolute Gasteiger partial charge is 0.262 e. The van der Waals surface area contributed by atoms with Gasteiger partial charge in [-0.15, -0.1) is 0 Å². The summed E-state index contributed by atoms with van der Waals surface area (Å²) in [6, 6.07) is 0. The molecule has 4 rings (SSSR count). The van der Waals surface area contributed by atoms with Crippen LogP contribution in [0.4, 0.5) is 0 Å². The molecule has 0 unspecified atom stereocenters. The number of nitrogens with zero attached hydrogens (tertiary/aromatic N) is 2. The third-order valence-corrected chi connectivity index (χ3v) is 5.01. The summed E-state index contributed by atoms with van der Waals surface area (Å²) in [6.07, 6.45) is 17.5. The molecule has 1 saturated carbocycles. The van der Waals surface area contributed by atoms with E-state index in [-0.39, 0.29) is 11.0 Å². The Labute approximate surface area is 128 Å². The third-order valence-electron chi connectivity index (χ3n) is 5.01. The first-order valence-electron chi connectivity index (χ1n) is 8.08. The highest BCUT2D eigenvalue weighted by Crippen LogP contribution is 2.39. The van der Waals surface area contributed by atoms with Crippen LogP contribution in [0.15, 0.2) is 35.3 Å². The Morgan fingerprint density at radius 1 is 1.18 bits per heavy atom. The third kappa shape index (κ3) is 2.21. The van der Waals surface area contributed by atoms with Crippen LogP contribution in [0.3, 0.4) is 0 Å². The second kappa shape index (κ2) is 5.23. The maximum atomic E-state index is 12.2. The highest BCUT2D eigenvalue weighted by Gasteiger charge is 2.35. The van der Waals surface area contributed by atoms with Gasteiger partial charge in [0.1, 0.15) is 11.2 Å². The van der Waals surface area contributed by atoms with Crippen LogP contribution in [0.2, 0.25) is 0 Å². The summed E-state index contributed by atoms with van der Waals surface area (Å²) in [5, 5.41) is 7.26. The van der Waals surface area contributed by atoms with Gasteiger partial charge in [-0.05, 0) is 12.3 Å². The predicted molar refractivity (Wildman–Crippen MR) is 85.7 cm³/mol. The lowest BCUT2D eigenvalue weighted by Gasteiger charge is -2.31. The zero-order valence-corrected chi connectivity index (χ0v) is 12.5. The van der Waals surface area contributed by atoms with E-state index in [9.17, 15) is 4.79 Å². The Morgan fingerprint density at radius 2 is 1.95 bits per heavy atom. The summed E-state index contributed by atoms with van der Waals surface area (Å²) in [6.45, 7) is 0. The molecule has 22 heavy (non-hydrogen) atoms. The van der Waals surface area contributed by atoms with Crippen LogP contribution in [0.25, 0.3) is 11.0 Å². The number of rotatable bonds is 3. The average Bonchev–Trinajstić information content (AvgIpc) is 3.18. The number of hydrogen-bond donors (Lipinski definition) is 2.